The number of nitrogens with one attached hydrogen (secondary N) is 1. The quantitative estimate of drug-likeness (QED) is 0.864. The van der Waals surface area contributed by atoms with Gasteiger partial charge in [-0.3, -0.25) is 14.9 Å². The highest BCUT2D eigenvalue weighted by molar-refractivity contribution is 6.00. The van der Waals surface area contributed by atoms with E-state index in [1.807, 2.05) is 12.5 Å². The summed E-state index contributed by atoms with van der Waals surface area (Å²) in [5.74, 6) is 0.102. The normalized spacial score (nSPS) is 27.1. The van der Waals surface area contributed by atoms with Gasteiger partial charge in [0.15, 0.2) is 0 Å². The molecule has 21 heavy (non-hydrogen) atoms. The van der Waals surface area contributed by atoms with Crippen LogP contribution >= 0.6 is 0 Å². The summed E-state index contributed by atoms with van der Waals surface area (Å²) in [5, 5.41) is 2.54. The van der Waals surface area contributed by atoms with Crippen molar-refractivity contribution in [3.63, 3.8) is 0 Å². The zero-order valence-corrected chi connectivity index (χ0v) is 12.5. The third-order valence-corrected chi connectivity index (χ3v) is 4.90. The third-order valence-electron chi connectivity index (χ3n) is 4.90. The van der Waals surface area contributed by atoms with Crippen molar-refractivity contribution in [3.05, 3.63) is 18.2 Å². The summed E-state index contributed by atoms with van der Waals surface area (Å²) in [6, 6.07) is 0. The molecule has 2 heterocycles. The van der Waals surface area contributed by atoms with Gasteiger partial charge in [-0.2, -0.15) is 0 Å². The Kier molecular flexibility index (Phi) is 4.08. The van der Waals surface area contributed by atoms with Gasteiger partial charge < -0.3 is 4.57 Å². The van der Waals surface area contributed by atoms with Crippen LogP contribution in [0.25, 0.3) is 0 Å². The molecule has 5 heteroatoms. The van der Waals surface area contributed by atoms with Gasteiger partial charge >= 0.3 is 0 Å². The van der Waals surface area contributed by atoms with E-state index >= 15 is 0 Å². The molecule has 1 saturated carbocycles. The molecule has 0 radical (unpaired) electrons. The lowest BCUT2D eigenvalue weighted by molar-refractivity contribution is -0.139. The molecule has 1 aliphatic carbocycles. The fraction of sp³-hybridized carbons (Fsp3) is 0.688. The number of hydrogen-bond acceptors (Lipinski definition) is 3. The van der Waals surface area contributed by atoms with Crippen molar-refractivity contribution in [2.75, 3.05) is 0 Å². The monoisotopic (exact) mass is 289 g/mol. The average Bonchev–Trinajstić information content (AvgIpc) is 3.09. The van der Waals surface area contributed by atoms with Crippen molar-refractivity contribution in [1.82, 2.24) is 14.9 Å². The maximum absolute atomic E-state index is 12.4. The number of nitrogens with zero attached hydrogens (tertiary/aromatic N) is 2. The molecule has 1 saturated heterocycles. The van der Waals surface area contributed by atoms with Crippen LogP contribution in [-0.4, -0.2) is 21.4 Å². The van der Waals surface area contributed by atoms with Crippen molar-refractivity contribution in [2.24, 2.45) is 11.8 Å². The molecule has 2 fully saturated rings. The predicted molar refractivity (Wildman–Crippen MR) is 78.5 cm³/mol. The molecule has 5 nitrogen and oxygen atoms in total. The maximum Gasteiger partial charge on any atom is 0.230 e. The number of carbonyl (C=O) groups is 2. The van der Waals surface area contributed by atoms with E-state index in [0.717, 1.165) is 31.5 Å². The topological polar surface area (TPSA) is 64.0 Å². The van der Waals surface area contributed by atoms with E-state index in [1.165, 1.54) is 12.8 Å². The van der Waals surface area contributed by atoms with Gasteiger partial charge in [0.05, 0.1) is 12.2 Å². The first-order chi connectivity index (χ1) is 10.2. The lowest BCUT2D eigenvalue weighted by Gasteiger charge is -2.34. The molecule has 0 aromatic carbocycles. The number of piperidine rings is 1. The number of aryl methyl sites for hydroxylation is 1. The van der Waals surface area contributed by atoms with E-state index in [9.17, 15) is 9.59 Å². The summed E-state index contributed by atoms with van der Waals surface area (Å²) in [4.78, 5) is 28.5. The average molecular weight is 289 g/mol. The van der Waals surface area contributed by atoms with E-state index in [1.54, 1.807) is 0 Å². The van der Waals surface area contributed by atoms with Crippen molar-refractivity contribution in [2.45, 2.75) is 57.9 Å². The van der Waals surface area contributed by atoms with Crippen LogP contribution in [0.3, 0.4) is 0 Å². The Hall–Kier alpha value is -1.65. The number of amides is 2. The summed E-state index contributed by atoms with van der Waals surface area (Å²) in [6.07, 6.45) is 9.68. The first-order valence-electron chi connectivity index (χ1n) is 8.04. The number of aromatic nitrogens is 2. The maximum atomic E-state index is 12.4. The number of imide groups is 1. The van der Waals surface area contributed by atoms with Gasteiger partial charge in [0.25, 0.3) is 0 Å². The highest BCUT2D eigenvalue weighted by Crippen LogP contribution is 2.42. The molecule has 114 valence electrons. The summed E-state index contributed by atoms with van der Waals surface area (Å²) < 4.78 is 2.11. The standard InChI is InChI=1S/C16H23N3O2/c1-2-7-19-10-17-9-13(19)12-8-14(20)18-16(21)15(12)11-5-3-4-6-11/h9-12,15H,2-8H2,1H3,(H,18,20,21). The Balaban J connectivity index is 1.92. The minimum atomic E-state index is -0.150. The third kappa shape index (κ3) is 2.74. The van der Waals surface area contributed by atoms with Gasteiger partial charge in [-0.15, -0.1) is 0 Å². The second kappa shape index (κ2) is 6.00. The van der Waals surface area contributed by atoms with Crippen molar-refractivity contribution in [1.29, 1.82) is 0 Å². The molecule has 1 aromatic heterocycles. The van der Waals surface area contributed by atoms with Crippen LogP contribution in [0.2, 0.25) is 0 Å². The molecule has 1 N–H and O–H groups in total. The second-order valence-electron chi connectivity index (χ2n) is 6.31. The fourth-order valence-electron chi connectivity index (χ4n) is 4.00. The van der Waals surface area contributed by atoms with E-state index in [4.69, 9.17) is 0 Å². The molecule has 2 unspecified atom stereocenters. The van der Waals surface area contributed by atoms with Gasteiger partial charge in [-0.05, 0) is 25.2 Å². The Labute approximate surface area is 125 Å². The van der Waals surface area contributed by atoms with Crippen LogP contribution < -0.4 is 5.32 Å². The second-order valence-corrected chi connectivity index (χ2v) is 6.31. The van der Waals surface area contributed by atoms with E-state index < -0.39 is 0 Å². The molecule has 2 aliphatic rings. The summed E-state index contributed by atoms with van der Waals surface area (Å²) >= 11 is 0. The number of carbonyl (C=O) groups excluding carboxylic acids is 2. The van der Waals surface area contributed by atoms with Gasteiger partial charge in [0.1, 0.15) is 0 Å². The van der Waals surface area contributed by atoms with Crippen LogP contribution in [0.1, 0.15) is 57.1 Å². The Morgan fingerprint density at radius 3 is 2.81 bits per heavy atom. The van der Waals surface area contributed by atoms with E-state index in [2.05, 4.69) is 21.8 Å². The Bertz CT molecular complexity index is 531. The molecular weight excluding hydrogens is 266 g/mol. The molecule has 2 amide bonds. The van der Waals surface area contributed by atoms with Crippen molar-refractivity contribution in [3.8, 4) is 0 Å². The number of hydrogen-bond donors (Lipinski definition) is 1. The van der Waals surface area contributed by atoms with Crippen molar-refractivity contribution < 1.29 is 9.59 Å². The molecule has 2 atom stereocenters. The van der Waals surface area contributed by atoms with Gasteiger partial charge in [-0.25, -0.2) is 4.98 Å². The SMILES string of the molecule is CCCn1cncc1C1CC(=O)NC(=O)C1C1CCCC1. The minimum absolute atomic E-state index is 0.0107. The summed E-state index contributed by atoms with van der Waals surface area (Å²) in [7, 11) is 0. The minimum Gasteiger partial charge on any atom is -0.334 e. The predicted octanol–water partition coefficient (Wildman–Crippen LogP) is 2.23. The first-order valence-corrected chi connectivity index (χ1v) is 8.04. The summed E-state index contributed by atoms with van der Waals surface area (Å²) in [5.41, 5.74) is 1.05. The Morgan fingerprint density at radius 2 is 2.10 bits per heavy atom. The fourth-order valence-corrected chi connectivity index (χ4v) is 4.00. The van der Waals surface area contributed by atoms with Gasteiger partial charge in [-0.1, -0.05) is 19.8 Å². The first kappa shape index (κ1) is 14.3. The highest BCUT2D eigenvalue weighted by Gasteiger charge is 2.43. The van der Waals surface area contributed by atoms with Gasteiger partial charge in [0.2, 0.25) is 11.8 Å². The largest absolute Gasteiger partial charge is 0.334 e. The van der Waals surface area contributed by atoms with E-state index in [-0.39, 0.29) is 23.7 Å². The molecule has 3 rings (SSSR count). The zero-order valence-electron chi connectivity index (χ0n) is 12.5. The van der Waals surface area contributed by atoms with Crippen LogP contribution in [0.15, 0.2) is 12.5 Å². The van der Waals surface area contributed by atoms with Crippen molar-refractivity contribution >= 4 is 11.8 Å². The number of rotatable bonds is 4. The Morgan fingerprint density at radius 1 is 1.33 bits per heavy atom. The van der Waals surface area contributed by atoms with E-state index in [0.29, 0.717) is 12.3 Å². The molecule has 0 spiro atoms. The molecular formula is C16H23N3O2. The lowest BCUT2D eigenvalue weighted by atomic mass is 9.74. The van der Waals surface area contributed by atoms with Crippen LogP contribution in [0, 0.1) is 11.8 Å². The smallest absolute Gasteiger partial charge is 0.230 e. The number of imidazole rings is 1. The zero-order chi connectivity index (χ0) is 14.8. The summed E-state index contributed by atoms with van der Waals surface area (Å²) in [6.45, 7) is 3.01. The van der Waals surface area contributed by atoms with Crippen LogP contribution in [-0.2, 0) is 16.1 Å². The lowest BCUT2D eigenvalue weighted by Crippen LogP contribution is -2.47. The molecule has 1 aromatic rings. The molecule has 1 aliphatic heterocycles. The highest BCUT2D eigenvalue weighted by atomic mass is 16.2. The van der Waals surface area contributed by atoms with Crippen LogP contribution in [0.5, 0.6) is 0 Å². The van der Waals surface area contributed by atoms with Gasteiger partial charge in [0, 0.05) is 30.8 Å². The van der Waals surface area contributed by atoms with Crippen LogP contribution in [0.4, 0.5) is 0 Å². The molecule has 0 bridgehead atoms.